The number of fused-ring (bicyclic) bond motifs is 14. The van der Waals surface area contributed by atoms with Gasteiger partial charge >= 0.3 is 11.8 Å². The van der Waals surface area contributed by atoms with Crippen LogP contribution in [0.25, 0.3) is 0 Å². The molecule has 0 spiro atoms. The average molecular weight is 821 g/mol. The van der Waals surface area contributed by atoms with E-state index in [1.165, 1.54) is 59.4 Å². The number of ether oxygens (including phenoxy) is 4. The number of hydrogen-bond donors (Lipinski definition) is 4. The van der Waals surface area contributed by atoms with Crippen LogP contribution in [0.3, 0.4) is 0 Å². The van der Waals surface area contributed by atoms with Crippen LogP contribution < -0.4 is 10.1 Å². The molecule has 6 rings (SSSR count). The predicted octanol–water partition coefficient (Wildman–Crippen LogP) is 3.23. The molecule has 59 heavy (non-hydrogen) atoms. The van der Waals surface area contributed by atoms with E-state index >= 15 is 0 Å². The summed E-state index contributed by atoms with van der Waals surface area (Å²) in [7, 11) is 3.39. The normalized spacial score (nSPS) is 33.3. The van der Waals surface area contributed by atoms with Crippen molar-refractivity contribution in [2.75, 3.05) is 40.3 Å². The Morgan fingerprint density at radius 1 is 0.949 bits per heavy atom. The highest BCUT2D eigenvalue weighted by Crippen LogP contribution is 2.48. The summed E-state index contributed by atoms with van der Waals surface area (Å²) in [5, 5.41) is 43.1. The van der Waals surface area contributed by atoms with Crippen LogP contribution in [0.4, 0.5) is 0 Å². The Bertz CT molecular complexity index is 2030. The standard InChI is InChI=1S/C43H56N4O12/c1-21-12-11-13-22(2)42(55)45-33-28(20-44-47-17-15-46(9)16-18-47)37(52)30-31(38(33)53)36(51)26(6)40-32(30)41(54)43(8,59-40)57-19-14-29(56-10)23(3)39(58-27(7)48)25(5)35(50)24(4)34(21)49/h11-14,19-21,23-25,29,34-35,39,49-51H,15-18H2,1-10H3,(H,45,55)/b12-11+,19-14+,22-13+,44-20?/t21-,23+,24+,25+,29-,34-,35+,39+,43-/m0/s1. The zero-order chi connectivity index (χ0) is 43.7. The first kappa shape index (κ1) is 44.9. The molecule has 0 aromatic heterocycles. The van der Waals surface area contributed by atoms with Crippen molar-refractivity contribution < 1.29 is 58.2 Å². The van der Waals surface area contributed by atoms with Crippen molar-refractivity contribution in [3.63, 3.8) is 0 Å². The Morgan fingerprint density at radius 3 is 2.24 bits per heavy atom. The number of amides is 1. The third-order valence-electron chi connectivity index (χ3n) is 11.8. The average Bonchev–Trinajstić information content (AvgIpc) is 3.46. The number of rotatable bonds is 4. The number of methoxy groups -OCH3 is 1. The van der Waals surface area contributed by atoms with Gasteiger partial charge < -0.3 is 44.5 Å². The van der Waals surface area contributed by atoms with Crippen molar-refractivity contribution in [3.8, 4) is 11.5 Å². The van der Waals surface area contributed by atoms with Crippen molar-refractivity contribution in [2.24, 2.45) is 28.8 Å². The van der Waals surface area contributed by atoms with E-state index in [1.807, 2.05) is 7.05 Å². The zero-order valence-corrected chi connectivity index (χ0v) is 35.3. The zero-order valence-electron chi connectivity index (χ0n) is 35.3. The number of aromatic hydroxyl groups is 1. The van der Waals surface area contributed by atoms with Gasteiger partial charge in [-0.15, -0.1) is 0 Å². The summed E-state index contributed by atoms with van der Waals surface area (Å²) in [5.74, 6) is -9.34. The molecule has 1 saturated heterocycles. The quantitative estimate of drug-likeness (QED) is 0.254. The van der Waals surface area contributed by atoms with E-state index in [2.05, 4.69) is 15.3 Å². The maximum absolute atomic E-state index is 14.6. The monoisotopic (exact) mass is 820 g/mol. The molecule has 0 radical (unpaired) electrons. The molecule has 16 nitrogen and oxygen atoms in total. The van der Waals surface area contributed by atoms with Crippen LogP contribution in [0.2, 0.25) is 0 Å². The number of likely N-dealkylation sites (N-methyl/N-ethyl adjacent to an activating group) is 1. The molecule has 4 aliphatic heterocycles. The summed E-state index contributed by atoms with van der Waals surface area (Å²) in [5.41, 5.74) is -1.82. The first-order valence-electron chi connectivity index (χ1n) is 19.7. The van der Waals surface area contributed by atoms with Crippen molar-refractivity contribution >= 4 is 35.4 Å². The van der Waals surface area contributed by atoms with Crippen molar-refractivity contribution in [1.29, 1.82) is 0 Å². The lowest BCUT2D eigenvalue weighted by molar-refractivity contribution is -0.160. The van der Waals surface area contributed by atoms with Gasteiger partial charge in [-0.1, -0.05) is 45.9 Å². The molecule has 1 aromatic carbocycles. The van der Waals surface area contributed by atoms with Crippen molar-refractivity contribution in [3.05, 3.63) is 69.7 Å². The summed E-state index contributed by atoms with van der Waals surface area (Å²) < 4.78 is 23.5. The fourth-order valence-electron chi connectivity index (χ4n) is 7.89. The number of aliphatic hydroxyl groups excluding tert-OH is 2. The van der Waals surface area contributed by atoms with E-state index in [0.29, 0.717) is 26.2 Å². The first-order valence-corrected chi connectivity index (χ1v) is 19.7. The maximum Gasteiger partial charge on any atom is 0.312 e. The number of nitrogens with one attached hydrogen (secondary N) is 1. The minimum atomic E-state index is -2.09. The molecular formula is C43H56N4O12. The second-order valence-corrected chi connectivity index (χ2v) is 16.1. The lowest BCUT2D eigenvalue weighted by atomic mass is 9.78. The topological polar surface area (TPSA) is 214 Å². The number of esters is 1. The minimum Gasteiger partial charge on any atom is -0.507 e. The lowest BCUT2D eigenvalue weighted by Gasteiger charge is -2.38. The Labute approximate surface area is 344 Å². The largest absolute Gasteiger partial charge is 0.507 e. The number of benzene rings is 1. The third-order valence-corrected chi connectivity index (χ3v) is 11.8. The Hall–Kier alpha value is -5.16. The predicted molar refractivity (Wildman–Crippen MR) is 216 cm³/mol. The fraction of sp³-hybridized carbons (Fsp3) is 0.535. The second-order valence-electron chi connectivity index (χ2n) is 16.1. The maximum atomic E-state index is 14.6. The molecule has 4 heterocycles. The molecule has 1 aromatic rings. The van der Waals surface area contributed by atoms with Crippen LogP contribution in [0.15, 0.2) is 52.5 Å². The molecule has 1 fully saturated rings. The molecule has 1 aliphatic carbocycles. The third kappa shape index (κ3) is 8.91. The Kier molecular flexibility index (Phi) is 13.7. The van der Waals surface area contributed by atoms with Gasteiger partial charge in [0.1, 0.15) is 23.3 Å². The van der Waals surface area contributed by atoms with Gasteiger partial charge in [-0.2, -0.15) is 5.10 Å². The SMILES string of the molecule is CO[C@H]1/C=C/O[C@@]2(C)Oc3c(C)c(O)c4c(c3C2=O)C(=O)C(C=NN2CCN(C)CC2)=C(NC(=O)/C(C)=C/C=C/[C@H](C)[C@H](O)[C@@H](C)[C@@H](O)[C@@H](C)[C@H](OC(C)=O)[C@@H]1C)C4=O. The number of aliphatic hydroxyl groups is 2. The molecular weight excluding hydrogens is 764 g/mol. The van der Waals surface area contributed by atoms with Gasteiger partial charge in [0.2, 0.25) is 5.78 Å². The first-order chi connectivity index (χ1) is 27.7. The van der Waals surface area contributed by atoms with Gasteiger partial charge in [0.15, 0.2) is 5.78 Å². The van der Waals surface area contributed by atoms with E-state index < -0.39 is 106 Å². The molecule has 1 amide bonds. The summed E-state index contributed by atoms with van der Waals surface area (Å²) in [6.07, 6.45) is 4.56. The smallest absolute Gasteiger partial charge is 0.312 e. The van der Waals surface area contributed by atoms with E-state index in [4.69, 9.17) is 18.9 Å². The van der Waals surface area contributed by atoms with E-state index in [9.17, 15) is 39.3 Å². The highest BCUT2D eigenvalue weighted by Gasteiger charge is 2.52. The number of nitrogens with zero attached hydrogens (tertiary/aromatic N) is 3. The number of phenolic OH excluding ortho intramolecular Hbond substituents is 1. The summed E-state index contributed by atoms with van der Waals surface area (Å²) in [6.45, 7) is 14.8. The van der Waals surface area contributed by atoms with Crippen LogP contribution in [0, 0.1) is 30.6 Å². The number of phenols is 1. The van der Waals surface area contributed by atoms with Crippen LogP contribution in [0.1, 0.15) is 85.1 Å². The Morgan fingerprint density at radius 2 is 1.61 bits per heavy atom. The number of hydrazone groups is 1. The van der Waals surface area contributed by atoms with Crippen LogP contribution in [-0.4, -0.2) is 131 Å². The number of hydrogen-bond acceptors (Lipinski definition) is 15. The van der Waals surface area contributed by atoms with Crippen molar-refractivity contribution in [2.45, 2.75) is 85.6 Å². The second kappa shape index (κ2) is 18.0. The van der Waals surface area contributed by atoms with Gasteiger partial charge in [-0.25, -0.2) is 0 Å². The number of ketones is 3. The van der Waals surface area contributed by atoms with Gasteiger partial charge in [-0.05, 0) is 27.0 Å². The minimum absolute atomic E-state index is 0.0118. The molecule has 16 heteroatoms. The van der Waals surface area contributed by atoms with Crippen molar-refractivity contribution in [1.82, 2.24) is 15.2 Å². The number of piperazine rings is 1. The molecule has 320 valence electrons. The lowest BCUT2D eigenvalue weighted by Crippen LogP contribution is -2.46. The highest BCUT2D eigenvalue weighted by molar-refractivity contribution is 6.37. The van der Waals surface area contributed by atoms with Gasteiger partial charge in [0.05, 0.1) is 53.1 Å². The highest BCUT2D eigenvalue weighted by atomic mass is 16.7. The number of Topliss-reactive ketones (excluding diaryl/α,β-unsaturated/α-hetero) is 3. The molecule has 0 unspecified atom stereocenters. The van der Waals surface area contributed by atoms with Gasteiger partial charge in [0.25, 0.3) is 11.7 Å². The number of carbonyl (C=O) groups is 5. The molecule has 0 saturated carbocycles. The summed E-state index contributed by atoms with van der Waals surface area (Å²) in [4.78, 5) is 71.6. The van der Waals surface area contributed by atoms with Gasteiger partial charge in [-0.3, -0.25) is 29.0 Å². The van der Waals surface area contributed by atoms with Crippen LogP contribution in [0.5, 0.6) is 11.5 Å². The van der Waals surface area contributed by atoms with E-state index in [1.54, 1.807) is 44.9 Å². The fourth-order valence-corrected chi connectivity index (χ4v) is 7.89. The number of allylic oxidation sites excluding steroid dienone is 4. The number of carbonyl (C=O) groups excluding carboxylic acids is 5. The van der Waals surface area contributed by atoms with Gasteiger partial charge in [0, 0.05) is 81.9 Å². The Balaban J connectivity index is 1.66. The molecule has 5 bridgehead atoms. The van der Waals surface area contributed by atoms with E-state index in [0.717, 1.165) is 0 Å². The molecule has 5 aliphatic rings. The van der Waals surface area contributed by atoms with E-state index in [-0.39, 0.29) is 28.0 Å². The summed E-state index contributed by atoms with van der Waals surface area (Å²) in [6, 6.07) is 0. The van der Waals surface area contributed by atoms with Crippen LogP contribution in [-0.2, 0) is 23.8 Å². The summed E-state index contributed by atoms with van der Waals surface area (Å²) >= 11 is 0. The van der Waals surface area contributed by atoms with Crippen LogP contribution >= 0.6 is 0 Å². The molecule has 9 atom stereocenters. The molecule has 4 N–H and O–H groups in total.